The van der Waals surface area contributed by atoms with Gasteiger partial charge in [0.05, 0.1) is 10.6 Å². The number of halogens is 1. The van der Waals surface area contributed by atoms with E-state index >= 15 is 0 Å². The second-order valence-corrected chi connectivity index (χ2v) is 7.14. The van der Waals surface area contributed by atoms with Gasteiger partial charge < -0.3 is 10.6 Å². The summed E-state index contributed by atoms with van der Waals surface area (Å²) in [6.07, 6.45) is 2.73. The lowest BCUT2D eigenvalue weighted by atomic mass is 10.3. The molecular formula is C16H28IN3O2S. The Morgan fingerprint density at radius 1 is 1.09 bits per heavy atom. The first kappa shape index (κ1) is 22.2. The van der Waals surface area contributed by atoms with Gasteiger partial charge in [0, 0.05) is 19.6 Å². The molecule has 0 heterocycles. The van der Waals surface area contributed by atoms with Crippen molar-refractivity contribution in [3.63, 3.8) is 0 Å². The van der Waals surface area contributed by atoms with E-state index in [4.69, 9.17) is 0 Å². The van der Waals surface area contributed by atoms with Crippen LogP contribution in [0.1, 0.15) is 33.1 Å². The van der Waals surface area contributed by atoms with Crippen molar-refractivity contribution >= 4 is 39.8 Å². The minimum Gasteiger partial charge on any atom is -0.357 e. The maximum absolute atomic E-state index is 12.1. The Labute approximate surface area is 157 Å². The third-order valence-corrected chi connectivity index (χ3v) is 4.93. The Morgan fingerprint density at radius 2 is 1.78 bits per heavy atom. The largest absolute Gasteiger partial charge is 0.357 e. The van der Waals surface area contributed by atoms with Gasteiger partial charge in [-0.1, -0.05) is 31.5 Å². The molecule has 1 aromatic rings. The van der Waals surface area contributed by atoms with E-state index in [2.05, 4.69) is 22.5 Å². The van der Waals surface area contributed by atoms with Gasteiger partial charge in [0.1, 0.15) is 0 Å². The number of nitrogens with one attached hydrogen (secondary N) is 2. The molecule has 0 saturated carbocycles. The van der Waals surface area contributed by atoms with Gasteiger partial charge in [-0.25, -0.2) is 8.42 Å². The van der Waals surface area contributed by atoms with Gasteiger partial charge in [-0.3, -0.25) is 4.99 Å². The maximum Gasteiger partial charge on any atom is 0.191 e. The van der Waals surface area contributed by atoms with Crippen LogP contribution in [0.5, 0.6) is 0 Å². The molecule has 0 unspecified atom stereocenters. The third-order valence-electron chi connectivity index (χ3n) is 3.11. The van der Waals surface area contributed by atoms with Gasteiger partial charge in [-0.15, -0.1) is 24.0 Å². The molecule has 0 atom stereocenters. The van der Waals surface area contributed by atoms with Crippen LogP contribution < -0.4 is 10.6 Å². The molecule has 0 aliphatic heterocycles. The van der Waals surface area contributed by atoms with Crippen molar-refractivity contribution in [2.24, 2.45) is 4.99 Å². The summed E-state index contributed by atoms with van der Waals surface area (Å²) in [5.74, 6) is 0.877. The molecule has 132 valence electrons. The van der Waals surface area contributed by atoms with E-state index in [0.717, 1.165) is 31.9 Å². The van der Waals surface area contributed by atoms with Gasteiger partial charge in [0.25, 0.3) is 0 Å². The van der Waals surface area contributed by atoms with Crippen molar-refractivity contribution in [1.82, 2.24) is 10.6 Å². The molecule has 0 amide bonds. The molecule has 0 aliphatic carbocycles. The number of aliphatic imine (C=N–C) groups is 1. The van der Waals surface area contributed by atoms with Crippen LogP contribution in [-0.2, 0) is 9.84 Å². The van der Waals surface area contributed by atoms with E-state index in [1.165, 1.54) is 0 Å². The molecule has 1 aromatic carbocycles. The molecule has 0 aromatic heterocycles. The average Bonchev–Trinajstić information content (AvgIpc) is 2.52. The van der Waals surface area contributed by atoms with Crippen molar-refractivity contribution in [1.29, 1.82) is 0 Å². The zero-order valence-electron chi connectivity index (χ0n) is 13.9. The minimum absolute atomic E-state index is 0. The summed E-state index contributed by atoms with van der Waals surface area (Å²) >= 11 is 0. The van der Waals surface area contributed by atoms with Crippen molar-refractivity contribution in [3.05, 3.63) is 30.3 Å². The smallest absolute Gasteiger partial charge is 0.191 e. The third kappa shape index (κ3) is 9.14. The summed E-state index contributed by atoms with van der Waals surface area (Å²) in [7, 11) is -3.20. The van der Waals surface area contributed by atoms with Gasteiger partial charge in [-0.05, 0) is 31.9 Å². The molecule has 0 bridgehead atoms. The lowest BCUT2D eigenvalue weighted by Gasteiger charge is -2.10. The number of guanidine groups is 1. The van der Waals surface area contributed by atoms with Crippen LogP contribution in [0.4, 0.5) is 0 Å². The quantitative estimate of drug-likeness (QED) is 0.261. The van der Waals surface area contributed by atoms with Crippen LogP contribution in [-0.4, -0.2) is 39.8 Å². The number of unbranched alkanes of at least 4 members (excludes halogenated alkanes) is 1. The fraction of sp³-hybridized carbons (Fsp3) is 0.562. The number of rotatable bonds is 9. The molecular weight excluding hydrogens is 425 g/mol. The van der Waals surface area contributed by atoms with Crippen molar-refractivity contribution in [3.8, 4) is 0 Å². The average molecular weight is 453 g/mol. The minimum atomic E-state index is -3.20. The van der Waals surface area contributed by atoms with Crippen LogP contribution in [0.2, 0.25) is 0 Å². The first-order valence-electron chi connectivity index (χ1n) is 7.90. The van der Waals surface area contributed by atoms with Gasteiger partial charge in [-0.2, -0.15) is 0 Å². The summed E-state index contributed by atoms with van der Waals surface area (Å²) in [6, 6.07) is 8.57. The highest BCUT2D eigenvalue weighted by atomic mass is 127. The zero-order valence-corrected chi connectivity index (χ0v) is 17.1. The molecule has 5 nitrogen and oxygen atoms in total. The monoisotopic (exact) mass is 453 g/mol. The first-order valence-corrected chi connectivity index (χ1v) is 9.55. The van der Waals surface area contributed by atoms with Crippen LogP contribution in [0.3, 0.4) is 0 Å². The van der Waals surface area contributed by atoms with Crippen molar-refractivity contribution < 1.29 is 8.42 Å². The Hall–Kier alpha value is -0.830. The van der Waals surface area contributed by atoms with E-state index < -0.39 is 9.84 Å². The van der Waals surface area contributed by atoms with Crippen LogP contribution in [0.25, 0.3) is 0 Å². The molecule has 1 rings (SSSR count). The molecule has 23 heavy (non-hydrogen) atoms. The second kappa shape index (κ2) is 12.6. The fourth-order valence-corrected chi connectivity index (χ4v) is 3.23. The summed E-state index contributed by atoms with van der Waals surface area (Å²) < 4.78 is 24.3. The fourth-order valence-electron chi connectivity index (χ4n) is 1.92. The van der Waals surface area contributed by atoms with Crippen LogP contribution in [0.15, 0.2) is 40.2 Å². The maximum atomic E-state index is 12.1. The van der Waals surface area contributed by atoms with Gasteiger partial charge in [0.2, 0.25) is 0 Å². The molecule has 7 heteroatoms. The molecule has 2 N–H and O–H groups in total. The standard InChI is InChI=1S/C16H27N3O2S.HI/c1-3-5-12-18-16(17-4-2)19-13-9-14-22(20,21)15-10-7-6-8-11-15;/h6-8,10-11H,3-5,9,12-14H2,1-2H3,(H2,17,18,19);1H. The van der Waals surface area contributed by atoms with Gasteiger partial charge in [0.15, 0.2) is 15.8 Å². The summed E-state index contributed by atoms with van der Waals surface area (Å²) in [5, 5.41) is 6.40. The zero-order chi connectivity index (χ0) is 16.3. The number of hydrogen-bond donors (Lipinski definition) is 2. The lowest BCUT2D eigenvalue weighted by Crippen LogP contribution is -2.37. The van der Waals surface area contributed by atoms with E-state index in [-0.39, 0.29) is 29.7 Å². The number of sulfone groups is 1. The number of hydrogen-bond acceptors (Lipinski definition) is 3. The first-order chi connectivity index (χ1) is 10.6. The molecule has 0 radical (unpaired) electrons. The number of benzene rings is 1. The molecule has 0 fully saturated rings. The van der Waals surface area contributed by atoms with Crippen molar-refractivity contribution in [2.75, 3.05) is 25.4 Å². The molecule has 0 saturated heterocycles. The SMILES string of the molecule is CCCCNC(=NCCCS(=O)(=O)c1ccccc1)NCC.I. The Bertz CT molecular complexity index is 548. The Kier molecular flexibility index (Phi) is 12.1. The highest BCUT2D eigenvalue weighted by Gasteiger charge is 2.12. The summed E-state index contributed by atoms with van der Waals surface area (Å²) in [5.41, 5.74) is 0. The molecule has 0 spiro atoms. The highest BCUT2D eigenvalue weighted by Crippen LogP contribution is 2.10. The predicted molar refractivity (Wildman–Crippen MR) is 107 cm³/mol. The second-order valence-electron chi connectivity index (χ2n) is 5.03. The Balaban J connectivity index is 0.00000484. The molecule has 0 aliphatic rings. The van der Waals surface area contributed by atoms with E-state index in [0.29, 0.717) is 17.9 Å². The summed E-state index contributed by atoms with van der Waals surface area (Å²) in [6.45, 7) is 6.31. The van der Waals surface area contributed by atoms with E-state index in [1.54, 1.807) is 24.3 Å². The summed E-state index contributed by atoms with van der Waals surface area (Å²) in [4.78, 5) is 4.79. The van der Waals surface area contributed by atoms with Crippen molar-refractivity contribution in [2.45, 2.75) is 38.0 Å². The van der Waals surface area contributed by atoms with E-state index in [1.807, 2.05) is 13.0 Å². The number of nitrogens with zero attached hydrogens (tertiary/aromatic N) is 1. The topological polar surface area (TPSA) is 70.6 Å². The normalized spacial score (nSPS) is 11.7. The Morgan fingerprint density at radius 3 is 2.39 bits per heavy atom. The van der Waals surface area contributed by atoms with E-state index in [9.17, 15) is 8.42 Å². The highest BCUT2D eigenvalue weighted by molar-refractivity contribution is 14.0. The predicted octanol–water partition coefficient (Wildman–Crippen LogP) is 2.82. The van der Waals surface area contributed by atoms with Crippen LogP contribution in [0, 0.1) is 0 Å². The van der Waals surface area contributed by atoms with Crippen LogP contribution >= 0.6 is 24.0 Å². The van der Waals surface area contributed by atoms with Gasteiger partial charge >= 0.3 is 0 Å². The lowest BCUT2D eigenvalue weighted by molar-refractivity contribution is 0.593.